The first-order chi connectivity index (χ1) is 8.69. The van der Waals surface area contributed by atoms with Gasteiger partial charge in [0.15, 0.2) is 5.17 Å². The number of hydrogen-bond acceptors (Lipinski definition) is 5. The van der Waals surface area contributed by atoms with Crippen LogP contribution in [0.1, 0.15) is 5.69 Å². The highest BCUT2D eigenvalue weighted by molar-refractivity contribution is 8.13. The van der Waals surface area contributed by atoms with Crippen molar-refractivity contribution in [1.29, 1.82) is 0 Å². The summed E-state index contributed by atoms with van der Waals surface area (Å²) in [5.41, 5.74) is 7.12. The molecule has 0 aliphatic heterocycles. The standard InChI is InChI=1S/C11H11ClN4OS/c12-8-3-1-7(2-4-8)10-15-9(5-17-10)6-18-11(13)16-14/h1-5H,6,14H2,(H2,13,16). The number of nitrogens with zero attached hydrogens (tertiary/aromatic N) is 2. The molecule has 0 radical (unpaired) electrons. The molecule has 0 atom stereocenters. The fourth-order valence-corrected chi connectivity index (χ4v) is 1.91. The number of benzene rings is 1. The van der Waals surface area contributed by atoms with Gasteiger partial charge in [0, 0.05) is 16.3 Å². The minimum absolute atomic E-state index is 0.311. The minimum atomic E-state index is 0.311. The number of rotatable bonds is 3. The predicted molar refractivity (Wildman–Crippen MR) is 74.1 cm³/mol. The number of nitrogens with two attached hydrogens (primary N) is 2. The average molecular weight is 283 g/mol. The average Bonchev–Trinajstić information content (AvgIpc) is 2.85. The number of hydrazone groups is 1. The third kappa shape index (κ3) is 3.18. The monoisotopic (exact) mass is 282 g/mol. The van der Waals surface area contributed by atoms with Crippen molar-refractivity contribution in [3.8, 4) is 11.5 Å². The summed E-state index contributed by atoms with van der Waals surface area (Å²) in [6.45, 7) is 0. The molecular weight excluding hydrogens is 272 g/mol. The Bertz CT molecular complexity index is 552. The van der Waals surface area contributed by atoms with Crippen LogP contribution in [-0.4, -0.2) is 10.2 Å². The Morgan fingerprint density at radius 1 is 1.39 bits per heavy atom. The molecule has 0 bridgehead atoms. The van der Waals surface area contributed by atoms with E-state index in [4.69, 9.17) is 27.6 Å². The Labute approximate surface area is 113 Å². The molecule has 1 aromatic heterocycles. The van der Waals surface area contributed by atoms with Crippen LogP contribution in [0.15, 0.2) is 40.0 Å². The van der Waals surface area contributed by atoms with Gasteiger partial charge in [-0.15, -0.1) is 0 Å². The summed E-state index contributed by atoms with van der Waals surface area (Å²) in [6, 6.07) is 7.27. The molecule has 0 amide bonds. The molecule has 5 nitrogen and oxygen atoms in total. The van der Waals surface area contributed by atoms with Crippen LogP contribution in [0, 0.1) is 0 Å². The summed E-state index contributed by atoms with van der Waals surface area (Å²) in [4.78, 5) is 4.33. The quantitative estimate of drug-likeness (QED) is 0.390. The zero-order valence-corrected chi connectivity index (χ0v) is 10.9. The van der Waals surface area contributed by atoms with Crippen molar-refractivity contribution >= 4 is 28.5 Å². The molecule has 0 unspecified atom stereocenters. The van der Waals surface area contributed by atoms with Gasteiger partial charge in [0.05, 0.1) is 5.69 Å². The lowest BCUT2D eigenvalue weighted by atomic mass is 10.2. The third-order valence-electron chi connectivity index (χ3n) is 2.14. The number of amidine groups is 1. The van der Waals surface area contributed by atoms with Crippen LogP contribution in [-0.2, 0) is 5.75 Å². The molecule has 0 aliphatic rings. The van der Waals surface area contributed by atoms with Crippen molar-refractivity contribution in [2.24, 2.45) is 16.7 Å². The van der Waals surface area contributed by atoms with Crippen molar-refractivity contribution < 1.29 is 4.42 Å². The van der Waals surface area contributed by atoms with Crippen LogP contribution in [0.5, 0.6) is 0 Å². The molecule has 0 saturated carbocycles. The summed E-state index contributed by atoms with van der Waals surface area (Å²) in [5, 5.41) is 4.35. The lowest BCUT2D eigenvalue weighted by Crippen LogP contribution is -2.09. The van der Waals surface area contributed by atoms with E-state index in [-0.39, 0.29) is 0 Å². The topological polar surface area (TPSA) is 90.4 Å². The van der Waals surface area contributed by atoms with Crippen LogP contribution in [0.25, 0.3) is 11.5 Å². The van der Waals surface area contributed by atoms with E-state index in [0.29, 0.717) is 21.8 Å². The Hall–Kier alpha value is -1.66. The molecule has 94 valence electrons. The molecule has 4 N–H and O–H groups in total. The first-order valence-corrected chi connectivity index (χ1v) is 6.42. The van der Waals surface area contributed by atoms with E-state index >= 15 is 0 Å². The highest BCUT2D eigenvalue weighted by Gasteiger charge is 2.07. The van der Waals surface area contributed by atoms with Crippen LogP contribution in [0.2, 0.25) is 5.02 Å². The highest BCUT2D eigenvalue weighted by atomic mass is 35.5. The van der Waals surface area contributed by atoms with Crippen molar-refractivity contribution in [2.45, 2.75) is 5.75 Å². The van der Waals surface area contributed by atoms with Gasteiger partial charge in [-0.2, -0.15) is 5.10 Å². The maximum atomic E-state index is 5.81. The number of oxazole rings is 1. The molecule has 0 saturated heterocycles. The number of halogens is 1. The number of hydrogen-bond donors (Lipinski definition) is 2. The third-order valence-corrected chi connectivity index (χ3v) is 3.23. The van der Waals surface area contributed by atoms with Crippen molar-refractivity contribution in [3.05, 3.63) is 41.2 Å². The minimum Gasteiger partial charge on any atom is -0.444 e. The molecule has 18 heavy (non-hydrogen) atoms. The van der Waals surface area contributed by atoms with E-state index in [9.17, 15) is 0 Å². The smallest absolute Gasteiger partial charge is 0.226 e. The maximum Gasteiger partial charge on any atom is 0.226 e. The molecule has 0 fully saturated rings. The molecule has 1 heterocycles. The Balaban J connectivity index is 2.08. The normalized spacial score (nSPS) is 11.7. The molecule has 7 heteroatoms. The van der Waals surface area contributed by atoms with E-state index in [0.717, 1.165) is 11.3 Å². The van der Waals surface area contributed by atoms with E-state index in [2.05, 4.69) is 10.1 Å². The van der Waals surface area contributed by atoms with Crippen molar-refractivity contribution in [2.75, 3.05) is 0 Å². The summed E-state index contributed by atoms with van der Waals surface area (Å²) in [5.74, 6) is 6.14. The fourth-order valence-electron chi connectivity index (χ4n) is 1.28. The predicted octanol–water partition coefficient (Wildman–Crippen LogP) is 2.42. The van der Waals surface area contributed by atoms with Gasteiger partial charge in [0.25, 0.3) is 0 Å². The van der Waals surface area contributed by atoms with Gasteiger partial charge in [0.1, 0.15) is 6.26 Å². The van der Waals surface area contributed by atoms with Crippen molar-refractivity contribution in [1.82, 2.24) is 4.98 Å². The molecule has 0 aliphatic carbocycles. The first-order valence-electron chi connectivity index (χ1n) is 5.05. The Morgan fingerprint density at radius 3 is 2.78 bits per heavy atom. The second kappa shape index (κ2) is 5.79. The lowest BCUT2D eigenvalue weighted by molar-refractivity contribution is 0.573. The van der Waals surface area contributed by atoms with Gasteiger partial charge in [-0.3, -0.25) is 0 Å². The number of aromatic nitrogens is 1. The summed E-state index contributed by atoms with van der Waals surface area (Å²) in [6.07, 6.45) is 1.58. The highest BCUT2D eigenvalue weighted by Crippen LogP contribution is 2.22. The second-order valence-corrected chi connectivity index (χ2v) is 4.84. The summed E-state index contributed by atoms with van der Waals surface area (Å²) >= 11 is 7.11. The lowest BCUT2D eigenvalue weighted by Gasteiger charge is -1.95. The largest absolute Gasteiger partial charge is 0.444 e. The van der Waals surface area contributed by atoms with Gasteiger partial charge in [-0.1, -0.05) is 23.4 Å². The maximum absolute atomic E-state index is 5.81. The van der Waals surface area contributed by atoms with E-state index in [1.165, 1.54) is 11.8 Å². The van der Waals surface area contributed by atoms with Crippen LogP contribution < -0.4 is 11.6 Å². The van der Waals surface area contributed by atoms with Gasteiger partial charge in [-0.25, -0.2) is 4.98 Å². The molecular formula is C11H11ClN4OS. The van der Waals surface area contributed by atoms with E-state index < -0.39 is 0 Å². The number of thioether (sulfide) groups is 1. The molecule has 2 rings (SSSR count). The Morgan fingerprint density at radius 2 is 2.11 bits per heavy atom. The molecule has 1 aromatic carbocycles. The van der Waals surface area contributed by atoms with Gasteiger partial charge in [0.2, 0.25) is 5.89 Å². The van der Waals surface area contributed by atoms with Crippen LogP contribution >= 0.6 is 23.4 Å². The Kier molecular flexibility index (Phi) is 4.11. The van der Waals surface area contributed by atoms with E-state index in [1.54, 1.807) is 18.4 Å². The van der Waals surface area contributed by atoms with Crippen LogP contribution in [0.3, 0.4) is 0 Å². The molecule has 2 aromatic rings. The zero-order chi connectivity index (χ0) is 13.0. The molecule has 0 spiro atoms. The second-order valence-electron chi connectivity index (χ2n) is 3.41. The van der Waals surface area contributed by atoms with Crippen molar-refractivity contribution in [3.63, 3.8) is 0 Å². The van der Waals surface area contributed by atoms with Gasteiger partial charge >= 0.3 is 0 Å². The fraction of sp³-hybridized carbons (Fsp3) is 0.0909. The van der Waals surface area contributed by atoms with Gasteiger partial charge in [-0.05, 0) is 24.3 Å². The van der Waals surface area contributed by atoms with Gasteiger partial charge < -0.3 is 16.0 Å². The summed E-state index contributed by atoms with van der Waals surface area (Å²) in [7, 11) is 0. The zero-order valence-electron chi connectivity index (χ0n) is 9.34. The van der Waals surface area contributed by atoms with Crippen LogP contribution in [0.4, 0.5) is 0 Å². The first kappa shape index (κ1) is 12.8. The van der Waals surface area contributed by atoms with E-state index in [1.807, 2.05) is 12.1 Å². The SMILES string of the molecule is NN=C(N)SCc1coc(-c2ccc(Cl)cc2)n1. The summed E-state index contributed by atoms with van der Waals surface area (Å²) < 4.78 is 5.38.